The Hall–Kier alpha value is -1.51. The SMILES string of the molecule is C=C(O)/C=C(\C)O/C(C)=C/C(C)=O. The molecule has 1 N–H and O–H groups in total. The summed E-state index contributed by atoms with van der Waals surface area (Å²) >= 11 is 0. The van der Waals surface area contributed by atoms with E-state index in [2.05, 4.69) is 6.58 Å². The van der Waals surface area contributed by atoms with Gasteiger partial charge in [-0.15, -0.1) is 0 Å². The second-order valence-electron chi connectivity index (χ2n) is 2.71. The number of aliphatic hydroxyl groups is 1. The van der Waals surface area contributed by atoms with Crippen LogP contribution >= 0.6 is 0 Å². The highest BCUT2D eigenvalue weighted by Crippen LogP contribution is 2.06. The van der Waals surface area contributed by atoms with E-state index in [0.717, 1.165) is 0 Å². The van der Waals surface area contributed by atoms with Crippen molar-refractivity contribution >= 4 is 5.78 Å². The second kappa shape index (κ2) is 5.19. The number of hydrogen-bond acceptors (Lipinski definition) is 3. The van der Waals surface area contributed by atoms with Crippen LogP contribution in [0, 0.1) is 0 Å². The maximum absolute atomic E-state index is 10.6. The van der Waals surface area contributed by atoms with Gasteiger partial charge in [-0.25, -0.2) is 0 Å². The first-order valence-electron chi connectivity index (χ1n) is 3.84. The summed E-state index contributed by atoms with van der Waals surface area (Å²) in [6, 6.07) is 0. The molecule has 0 aromatic carbocycles. The zero-order valence-electron chi connectivity index (χ0n) is 8.13. The highest BCUT2D eigenvalue weighted by atomic mass is 16.5. The molecule has 0 bridgehead atoms. The molecular formula is C10H14O3. The van der Waals surface area contributed by atoms with Gasteiger partial charge in [0.25, 0.3) is 0 Å². The van der Waals surface area contributed by atoms with Crippen molar-refractivity contribution in [3.8, 4) is 0 Å². The number of allylic oxidation sites excluding steroid dienone is 4. The summed E-state index contributed by atoms with van der Waals surface area (Å²) in [6.07, 6.45) is 2.74. The molecule has 13 heavy (non-hydrogen) atoms. The van der Waals surface area contributed by atoms with Crippen molar-refractivity contribution in [1.29, 1.82) is 0 Å². The zero-order valence-corrected chi connectivity index (χ0v) is 8.13. The van der Waals surface area contributed by atoms with Gasteiger partial charge >= 0.3 is 0 Å². The van der Waals surface area contributed by atoms with Crippen LogP contribution in [0.4, 0.5) is 0 Å². The fourth-order valence-corrected chi connectivity index (χ4v) is 0.834. The maximum Gasteiger partial charge on any atom is 0.155 e. The summed E-state index contributed by atoms with van der Waals surface area (Å²) in [6.45, 7) is 8.05. The monoisotopic (exact) mass is 182 g/mol. The minimum absolute atomic E-state index is 0.0758. The fourth-order valence-electron chi connectivity index (χ4n) is 0.834. The third-order valence-corrected chi connectivity index (χ3v) is 1.10. The fraction of sp³-hybridized carbons (Fsp3) is 0.300. The van der Waals surface area contributed by atoms with Gasteiger partial charge in [0.2, 0.25) is 0 Å². The molecule has 0 aromatic rings. The minimum atomic E-state index is -0.0758. The van der Waals surface area contributed by atoms with Gasteiger partial charge in [-0.05, 0) is 20.8 Å². The van der Waals surface area contributed by atoms with Gasteiger partial charge in [0.15, 0.2) is 5.78 Å². The minimum Gasteiger partial charge on any atom is -0.508 e. The summed E-state index contributed by atoms with van der Waals surface area (Å²) < 4.78 is 5.15. The van der Waals surface area contributed by atoms with Crippen LogP contribution in [0.25, 0.3) is 0 Å². The van der Waals surface area contributed by atoms with Crippen molar-refractivity contribution in [2.45, 2.75) is 20.8 Å². The summed E-state index contributed by atoms with van der Waals surface area (Å²) in [5.41, 5.74) is 0. The first-order valence-corrected chi connectivity index (χ1v) is 3.84. The molecule has 0 heterocycles. The van der Waals surface area contributed by atoms with Gasteiger partial charge in [-0.1, -0.05) is 6.58 Å². The molecule has 0 atom stereocenters. The molecule has 0 aliphatic carbocycles. The number of carbonyl (C=O) groups excluding carboxylic acids is 1. The molecular weight excluding hydrogens is 168 g/mol. The van der Waals surface area contributed by atoms with E-state index in [1.54, 1.807) is 13.8 Å². The molecule has 0 rings (SSSR count). The largest absolute Gasteiger partial charge is 0.508 e. The van der Waals surface area contributed by atoms with Crippen molar-refractivity contribution in [2.75, 3.05) is 0 Å². The van der Waals surface area contributed by atoms with E-state index < -0.39 is 0 Å². The van der Waals surface area contributed by atoms with Crippen LogP contribution in [0.2, 0.25) is 0 Å². The third kappa shape index (κ3) is 6.87. The number of aliphatic hydroxyl groups excluding tert-OH is 1. The zero-order chi connectivity index (χ0) is 10.4. The number of hydrogen-bond donors (Lipinski definition) is 1. The first kappa shape index (κ1) is 11.5. The number of ether oxygens (including phenoxy) is 1. The van der Waals surface area contributed by atoms with Gasteiger partial charge in [0.1, 0.15) is 17.3 Å². The Bertz CT molecular complexity index is 244. The molecule has 0 saturated heterocycles. The number of ketones is 1. The van der Waals surface area contributed by atoms with E-state index in [1.807, 2.05) is 0 Å². The topological polar surface area (TPSA) is 46.5 Å². The number of rotatable bonds is 4. The normalized spacial score (nSPS) is 12.5. The molecule has 0 aliphatic heterocycles. The average Bonchev–Trinajstić information content (AvgIpc) is 1.80. The lowest BCUT2D eigenvalue weighted by atomic mass is 10.3. The molecule has 0 saturated carbocycles. The van der Waals surface area contributed by atoms with Crippen LogP contribution in [-0.4, -0.2) is 10.9 Å². The summed E-state index contributed by atoms with van der Waals surface area (Å²) in [7, 11) is 0. The Labute approximate surface area is 78.0 Å². The van der Waals surface area contributed by atoms with E-state index >= 15 is 0 Å². The van der Waals surface area contributed by atoms with Gasteiger partial charge in [-0.3, -0.25) is 4.79 Å². The van der Waals surface area contributed by atoms with Crippen molar-refractivity contribution in [3.63, 3.8) is 0 Å². The molecule has 3 heteroatoms. The smallest absolute Gasteiger partial charge is 0.155 e. The van der Waals surface area contributed by atoms with Crippen LogP contribution < -0.4 is 0 Å². The molecule has 0 fully saturated rings. The Balaban J connectivity index is 4.29. The molecule has 0 spiro atoms. The van der Waals surface area contributed by atoms with E-state index in [-0.39, 0.29) is 11.5 Å². The predicted molar refractivity (Wildman–Crippen MR) is 51.0 cm³/mol. The van der Waals surface area contributed by atoms with Gasteiger partial charge < -0.3 is 9.84 Å². The average molecular weight is 182 g/mol. The van der Waals surface area contributed by atoms with E-state index in [1.165, 1.54) is 19.1 Å². The van der Waals surface area contributed by atoms with Crippen molar-refractivity contribution in [2.24, 2.45) is 0 Å². The second-order valence-corrected chi connectivity index (χ2v) is 2.71. The molecule has 0 aromatic heterocycles. The third-order valence-electron chi connectivity index (χ3n) is 1.10. The van der Waals surface area contributed by atoms with Gasteiger partial charge in [-0.2, -0.15) is 0 Å². The van der Waals surface area contributed by atoms with Crippen molar-refractivity contribution < 1.29 is 14.6 Å². The summed E-state index contributed by atoms with van der Waals surface area (Å²) in [4.78, 5) is 10.6. The van der Waals surface area contributed by atoms with Crippen LogP contribution in [0.15, 0.2) is 36.0 Å². The molecule has 3 nitrogen and oxygen atoms in total. The molecule has 0 radical (unpaired) electrons. The molecule has 72 valence electrons. The van der Waals surface area contributed by atoms with Crippen LogP contribution in [0.3, 0.4) is 0 Å². The van der Waals surface area contributed by atoms with Crippen LogP contribution in [0.5, 0.6) is 0 Å². The standard InChI is InChI=1S/C10H14O3/c1-7(11)5-9(3)13-10(4)6-8(2)12/h5-6,11H,1H2,2-4H3/b9-5+,10-6+. The number of carbonyl (C=O) groups is 1. The summed E-state index contributed by atoms with van der Waals surface area (Å²) in [5, 5.41) is 8.78. The van der Waals surface area contributed by atoms with Crippen LogP contribution in [0.1, 0.15) is 20.8 Å². The molecule has 0 amide bonds. The first-order chi connectivity index (χ1) is 5.91. The Morgan fingerprint density at radius 2 is 1.69 bits per heavy atom. The van der Waals surface area contributed by atoms with Crippen LogP contribution in [-0.2, 0) is 9.53 Å². The molecule has 0 aliphatic rings. The Kier molecular flexibility index (Phi) is 4.59. The Morgan fingerprint density at radius 1 is 1.23 bits per heavy atom. The van der Waals surface area contributed by atoms with Crippen molar-refractivity contribution in [3.05, 3.63) is 36.0 Å². The van der Waals surface area contributed by atoms with Gasteiger partial charge in [0, 0.05) is 12.2 Å². The lowest BCUT2D eigenvalue weighted by Gasteiger charge is -2.04. The lowest BCUT2D eigenvalue weighted by Crippen LogP contribution is -1.91. The quantitative estimate of drug-likeness (QED) is 0.412. The Morgan fingerprint density at radius 3 is 2.08 bits per heavy atom. The van der Waals surface area contributed by atoms with Gasteiger partial charge in [0.05, 0.1) is 0 Å². The van der Waals surface area contributed by atoms with Crippen molar-refractivity contribution in [1.82, 2.24) is 0 Å². The van der Waals surface area contributed by atoms with E-state index in [9.17, 15) is 4.79 Å². The maximum atomic E-state index is 10.6. The predicted octanol–water partition coefficient (Wildman–Crippen LogP) is 2.47. The highest BCUT2D eigenvalue weighted by Gasteiger charge is 1.95. The highest BCUT2D eigenvalue weighted by molar-refractivity contribution is 5.87. The van der Waals surface area contributed by atoms with E-state index in [0.29, 0.717) is 11.5 Å². The summed E-state index contributed by atoms with van der Waals surface area (Å²) in [5.74, 6) is 0.825. The lowest BCUT2D eigenvalue weighted by molar-refractivity contribution is -0.112. The van der Waals surface area contributed by atoms with E-state index in [4.69, 9.17) is 9.84 Å². The molecule has 0 unspecified atom stereocenters.